The highest BCUT2D eigenvalue weighted by Gasteiger charge is 2.14. The Hall–Kier alpha value is -3.09. The summed E-state index contributed by atoms with van der Waals surface area (Å²) in [6.45, 7) is 7.85. The van der Waals surface area contributed by atoms with Crippen LogP contribution in [-0.2, 0) is 11.2 Å². The molecule has 0 bridgehead atoms. The predicted molar refractivity (Wildman–Crippen MR) is 108 cm³/mol. The molecule has 28 heavy (non-hydrogen) atoms. The van der Waals surface area contributed by atoms with Crippen molar-refractivity contribution in [3.05, 3.63) is 46.4 Å². The number of carbonyl (C=O) groups excluding carboxylic acids is 1. The lowest BCUT2D eigenvalue weighted by Crippen LogP contribution is -2.15. The minimum atomic E-state index is -0.0640. The second kappa shape index (κ2) is 7.88. The number of ether oxygens (including phenoxy) is 2. The van der Waals surface area contributed by atoms with Crippen molar-refractivity contribution in [3.8, 4) is 11.5 Å². The normalized spacial score (nSPS) is 10.9. The standard InChI is InChI=1S/C21H26N4O3/c1-12-9-18(27-5)19(28-6)11-17(12)23-21(26)8-7-16-14(3)22-20-10-13(2)24-25(20)15(16)4/h9-11H,7-8H2,1-6H3,(H,23,26). The molecule has 0 fully saturated rings. The van der Waals surface area contributed by atoms with Crippen LogP contribution < -0.4 is 14.8 Å². The van der Waals surface area contributed by atoms with E-state index in [0.717, 1.165) is 33.9 Å². The molecule has 7 heteroatoms. The van der Waals surface area contributed by atoms with Crippen LogP contribution in [0.25, 0.3) is 5.65 Å². The SMILES string of the molecule is COc1cc(C)c(NC(=O)CCc2c(C)nc3cc(C)nn3c2C)cc1OC. The van der Waals surface area contributed by atoms with Crippen molar-refractivity contribution < 1.29 is 14.3 Å². The first kappa shape index (κ1) is 19.7. The van der Waals surface area contributed by atoms with Gasteiger partial charge in [-0.1, -0.05) is 0 Å². The predicted octanol–water partition coefficient (Wildman–Crippen LogP) is 3.55. The van der Waals surface area contributed by atoms with Crippen molar-refractivity contribution in [2.24, 2.45) is 0 Å². The van der Waals surface area contributed by atoms with E-state index in [9.17, 15) is 4.79 Å². The molecular formula is C21H26N4O3. The number of carbonyl (C=O) groups is 1. The molecule has 2 aromatic heterocycles. The Morgan fingerprint density at radius 3 is 2.43 bits per heavy atom. The summed E-state index contributed by atoms with van der Waals surface area (Å²) in [6, 6.07) is 5.58. The molecule has 0 aliphatic carbocycles. The molecule has 1 amide bonds. The molecule has 7 nitrogen and oxygen atoms in total. The summed E-state index contributed by atoms with van der Waals surface area (Å²) in [6.07, 6.45) is 0.945. The Kier molecular flexibility index (Phi) is 5.53. The van der Waals surface area contributed by atoms with Gasteiger partial charge >= 0.3 is 0 Å². The first-order valence-electron chi connectivity index (χ1n) is 9.19. The average Bonchev–Trinajstić information content (AvgIpc) is 3.03. The lowest BCUT2D eigenvalue weighted by atomic mass is 10.1. The van der Waals surface area contributed by atoms with Crippen molar-refractivity contribution in [1.29, 1.82) is 0 Å². The number of hydrogen-bond acceptors (Lipinski definition) is 5. The lowest BCUT2D eigenvalue weighted by molar-refractivity contribution is -0.116. The molecule has 2 heterocycles. The molecule has 0 aliphatic heterocycles. The fourth-order valence-corrected chi connectivity index (χ4v) is 3.37. The van der Waals surface area contributed by atoms with Gasteiger partial charge in [0, 0.05) is 35.6 Å². The Morgan fingerprint density at radius 1 is 1.07 bits per heavy atom. The highest BCUT2D eigenvalue weighted by Crippen LogP contribution is 2.33. The van der Waals surface area contributed by atoms with Gasteiger partial charge in [-0.2, -0.15) is 5.10 Å². The second-order valence-electron chi connectivity index (χ2n) is 6.89. The maximum absolute atomic E-state index is 12.6. The summed E-state index contributed by atoms with van der Waals surface area (Å²) in [7, 11) is 3.16. The quantitative estimate of drug-likeness (QED) is 0.705. The van der Waals surface area contributed by atoms with Gasteiger partial charge in [0.05, 0.1) is 19.9 Å². The number of methoxy groups -OCH3 is 2. The van der Waals surface area contributed by atoms with Gasteiger partial charge in [-0.25, -0.2) is 9.50 Å². The molecule has 0 radical (unpaired) electrons. The van der Waals surface area contributed by atoms with E-state index in [4.69, 9.17) is 9.47 Å². The number of rotatable bonds is 6. The van der Waals surface area contributed by atoms with Gasteiger partial charge in [-0.3, -0.25) is 4.79 Å². The molecule has 0 unspecified atom stereocenters. The van der Waals surface area contributed by atoms with Gasteiger partial charge in [-0.05, 0) is 51.3 Å². The van der Waals surface area contributed by atoms with Crippen LogP contribution in [0.5, 0.6) is 11.5 Å². The van der Waals surface area contributed by atoms with E-state index in [-0.39, 0.29) is 5.91 Å². The van der Waals surface area contributed by atoms with Gasteiger partial charge < -0.3 is 14.8 Å². The Bertz CT molecular complexity index is 1040. The Labute approximate surface area is 164 Å². The van der Waals surface area contributed by atoms with E-state index >= 15 is 0 Å². The minimum absolute atomic E-state index is 0.0640. The van der Waals surface area contributed by atoms with Gasteiger partial charge in [0.15, 0.2) is 17.1 Å². The fraction of sp³-hybridized carbons (Fsp3) is 0.381. The van der Waals surface area contributed by atoms with Gasteiger partial charge in [0.1, 0.15) is 0 Å². The second-order valence-corrected chi connectivity index (χ2v) is 6.89. The van der Waals surface area contributed by atoms with Crippen LogP contribution in [0, 0.1) is 27.7 Å². The van der Waals surface area contributed by atoms with E-state index in [1.807, 2.05) is 44.3 Å². The highest BCUT2D eigenvalue weighted by atomic mass is 16.5. The number of nitrogens with one attached hydrogen (secondary N) is 1. The van der Waals surface area contributed by atoms with Crippen LogP contribution >= 0.6 is 0 Å². The summed E-state index contributed by atoms with van der Waals surface area (Å²) in [4.78, 5) is 17.2. The largest absolute Gasteiger partial charge is 0.493 e. The maximum atomic E-state index is 12.6. The molecule has 0 saturated carbocycles. The first-order valence-corrected chi connectivity index (χ1v) is 9.19. The highest BCUT2D eigenvalue weighted by molar-refractivity contribution is 5.92. The zero-order chi connectivity index (χ0) is 20.4. The zero-order valence-electron chi connectivity index (χ0n) is 17.2. The first-order chi connectivity index (χ1) is 13.3. The number of anilines is 1. The van der Waals surface area contributed by atoms with Crippen molar-refractivity contribution >= 4 is 17.2 Å². The Morgan fingerprint density at radius 2 is 1.75 bits per heavy atom. The molecule has 0 atom stereocenters. The molecule has 3 aromatic rings. The molecule has 0 spiro atoms. The summed E-state index contributed by atoms with van der Waals surface area (Å²) in [5.74, 6) is 1.16. The van der Waals surface area contributed by atoms with Gasteiger partial charge in [0.2, 0.25) is 5.91 Å². The lowest BCUT2D eigenvalue weighted by Gasteiger charge is -2.14. The summed E-state index contributed by atoms with van der Waals surface area (Å²) in [5.41, 5.74) is 6.39. The van der Waals surface area contributed by atoms with E-state index < -0.39 is 0 Å². The fourth-order valence-electron chi connectivity index (χ4n) is 3.37. The molecule has 0 aliphatic rings. The number of nitrogens with zero attached hydrogens (tertiary/aromatic N) is 3. The van der Waals surface area contributed by atoms with Crippen LogP contribution in [0.4, 0.5) is 5.69 Å². The monoisotopic (exact) mass is 382 g/mol. The molecule has 148 valence electrons. The van der Waals surface area contributed by atoms with E-state index in [1.165, 1.54) is 0 Å². The smallest absolute Gasteiger partial charge is 0.224 e. The summed E-state index contributed by atoms with van der Waals surface area (Å²) >= 11 is 0. The maximum Gasteiger partial charge on any atom is 0.224 e. The van der Waals surface area contributed by atoms with Crippen LogP contribution in [0.15, 0.2) is 18.2 Å². The van der Waals surface area contributed by atoms with E-state index in [2.05, 4.69) is 15.4 Å². The van der Waals surface area contributed by atoms with E-state index in [1.54, 1.807) is 20.3 Å². The van der Waals surface area contributed by atoms with Crippen LogP contribution in [-0.4, -0.2) is 34.7 Å². The number of aryl methyl sites for hydroxylation is 4. The number of benzene rings is 1. The van der Waals surface area contributed by atoms with E-state index in [0.29, 0.717) is 30.0 Å². The van der Waals surface area contributed by atoms with Gasteiger partial charge in [-0.15, -0.1) is 0 Å². The third-order valence-electron chi connectivity index (χ3n) is 4.89. The topological polar surface area (TPSA) is 77.8 Å². The van der Waals surface area contributed by atoms with Crippen molar-refractivity contribution in [3.63, 3.8) is 0 Å². The number of aromatic nitrogens is 3. The van der Waals surface area contributed by atoms with Gasteiger partial charge in [0.25, 0.3) is 0 Å². The van der Waals surface area contributed by atoms with Crippen LogP contribution in [0.3, 0.4) is 0 Å². The molecule has 1 aromatic carbocycles. The van der Waals surface area contributed by atoms with Crippen LogP contribution in [0.1, 0.15) is 34.6 Å². The minimum Gasteiger partial charge on any atom is -0.493 e. The molecule has 1 N–H and O–H groups in total. The molecule has 3 rings (SSSR count). The number of hydrogen-bond donors (Lipinski definition) is 1. The molecular weight excluding hydrogens is 356 g/mol. The zero-order valence-corrected chi connectivity index (χ0v) is 17.2. The summed E-state index contributed by atoms with van der Waals surface area (Å²) in [5, 5.41) is 7.45. The van der Waals surface area contributed by atoms with Crippen LogP contribution in [0.2, 0.25) is 0 Å². The van der Waals surface area contributed by atoms with Crippen molar-refractivity contribution in [2.45, 2.75) is 40.5 Å². The number of fused-ring (bicyclic) bond motifs is 1. The molecule has 0 saturated heterocycles. The third kappa shape index (κ3) is 3.78. The van der Waals surface area contributed by atoms with Crippen molar-refractivity contribution in [2.75, 3.05) is 19.5 Å². The number of amides is 1. The van der Waals surface area contributed by atoms with Crippen molar-refractivity contribution in [1.82, 2.24) is 14.6 Å². The average molecular weight is 382 g/mol. The Balaban J connectivity index is 1.75. The summed E-state index contributed by atoms with van der Waals surface area (Å²) < 4.78 is 12.5. The third-order valence-corrected chi connectivity index (χ3v) is 4.89.